The van der Waals surface area contributed by atoms with Crippen molar-refractivity contribution in [2.45, 2.75) is 27.2 Å². The Kier molecular flexibility index (Phi) is 5.87. The zero-order valence-corrected chi connectivity index (χ0v) is 15.6. The van der Waals surface area contributed by atoms with Gasteiger partial charge in [0.15, 0.2) is 5.70 Å². The molecule has 1 N–H and O–H groups in total. The molecule has 0 radical (unpaired) electrons. The van der Waals surface area contributed by atoms with Crippen molar-refractivity contribution >= 4 is 17.6 Å². The molecule has 1 aromatic heterocycles. The Morgan fingerprint density at radius 2 is 1.73 bits per heavy atom. The minimum Gasteiger partial charge on any atom is -0.510 e. The van der Waals surface area contributed by atoms with Gasteiger partial charge in [-0.3, -0.25) is 0 Å². The smallest absolute Gasteiger partial charge is 0.358 e. The van der Waals surface area contributed by atoms with E-state index < -0.39 is 11.9 Å². The molecular weight excluding hydrogens is 334 g/mol. The van der Waals surface area contributed by atoms with Crippen LogP contribution in [-0.4, -0.2) is 35.8 Å². The van der Waals surface area contributed by atoms with E-state index in [0.717, 1.165) is 5.56 Å². The first-order chi connectivity index (χ1) is 12.4. The van der Waals surface area contributed by atoms with Gasteiger partial charge in [0.05, 0.1) is 19.8 Å². The lowest BCUT2D eigenvalue weighted by molar-refractivity contribution is -0.134. The number of aliphatic hydroxyl groups excluding tert-OH is 1. The van der Waals surface area contributed by atoms with Crippen molar-refractivity contribution in [1.82, 2.24) is 4.57 Å². The lowest BCUT2D eigenvalue weighted by Gasteiger charge is -2.14. The van der Waals surface area contributed by atoms with E-state index in [1.54, 1.807) is 11.5 Å². The number of allylic oxidation sites excluding steroid dienone is 1. The number of benzene rings is 1. The van der Waals surface area contributed by atoms with Crippen LogP contribution in [0.4, 0.5) is 0 Å². The molecule has 2 aromatic rings. The van der Waals surface area contributed by atoms with Gasteiger partial charge in [0.2, 0.25) is 0 Å². The summed E-state index contributed by atoms with van der Waals surface area (Å²) in [4.78, 5) is 24.8. The van der Waals surface area contributed by atoms with Gasteiger partial charge >= 0.3 is 11.9 Å². The minimum atomic E-state index is -0.686. The quantitative estimate of drug-likeness (QED) is 0.501. The summed E-state index contributed by atoms with van der Waals surface area (Å²) in [5.41, 5.74) is 3.06. The van der Waals surface area contributed by atoms with E-state index >= 15 is 0 Å². The second-order valence-corrected chi connectivity index (χ2v) is 5.75. The Labute approximate surface area is 152 Å². The van der Waals surface area contributed by atoms with Crippen molar-refractivity contribution in [3.63, 3.8) is 0 Å². The van der Waals surface area contributed by atoms with Gasteiger partial charge < -0.3 is 19.1 Å². The van der Waals surface area contributed by atoms with Crippen molar-refractivity contribution in [3.05, 3.63) is 53.0 Å². The van der Waals surface area contributed by atoms with Crippen LogP contribution in [0.2, 0.25) is 0 Å². The topological polar surface area (TPSA) is 77.8 Å². The van der Waals surface area contributed by atoms with Gasteiger partial charge in [-0.05, 0) is 25.8 Å². The molecular formula is C20H23NO5. The molecule has 0 unspecified atom stereocenters. The van der Waals surface area contributed by atoms with Crippen LogP contribution in [0.25, 0.3) is 16.8 Å². The predicted octanol–water partition coefficient (Wildman–Crippen LogP) is 3.73. The van der Waals surface area contributed by atoms with Gasteiger partial charge in [0, 0.05) is 17.0 Å². The lowest BCUT2D eigenvalue weighted by atomic mass is 9.99. The number of methoxy groups -OCH3 is 2. The summed E-state index contributed by atoms with van der Waals surface area (Å²) in [7, 11) is 2.56. The summed E-state index contributed by atoms with van der Waals surface area (Å²) in [5, 5.41) is 10.1. The predicted molar refractivity (Wildman–Crippen MR) is 98.9 cm³/mol. The van der Waals surface area contributed by atoms with Crippen LogP contribution < -0.4 is 0 Å². The first-order valence-corrected chi connectivity index (χ1v) is 8.25. The van der Waals surface area contributed by atoms with Crippen molar-refractivity contribution in [3.8, 4) is 11.1 Å². The monoisotopic (exact) mass is 357 g/mol. The third-order valence-corrected chi connectivity index (χ3v) is 4.24. The molecule has 26 heavy (non-hydrogen) atoms. The third-order valence-electron chi connectivity index (χ3n) is 4.24. The maximum absolute atomic E-state index is 12.5. The average Bonchev–Trinajstić information content (AvgIpc) is 2.93. The number of hydrogen-bond donors (Lipinski definition) is 1. The molecule has 0 saturated heterocycles. The van der Waals surface area contributed by atoms with Crippen LogP contribution in [0.3, 0.4) is 0 Å². The van der Waals surface area contributed by atoms with Gasteiger partial charge in [0.1, 0.15) is 5.76 Å². The molecule has 6 heteroatoms. The Balaban J connectivity index is 2.96. The highest BCUT2D eigenvalue weighted by molar-refractivity contribution is 6.12. The molecule has 0 atom stereocenters. The summed E-state index contributed by atoms with van der Waals surface area (Å²) < 4.78 is 11.4. The van der Waals surface area contributed by atoms with Crippen LogP contribution in [0.15, 0.2) is 36.1 Å². The Morgan fingerprint density at radius 1 is 1.12 bits per heavy atom. The molecule has 0 amide bonds. The Morgan fingerprint density at radius 3 is 2.19 bits per heavy atom. The number of esters is 2. The standard InChI is InChI=1S/C20H23NO5/c1-6-15-17(14-10-8-7-9-11-14)16(19(23)25-4)12(2)21(15)18(13(3)22)20(24)26-5/h7-11,22H,6H2,1-5H3/b18-13+. The second-order valence-electron chi connectivity index (χ2n) is 5.75. The Bertz CT molecular complexity index is 858. The maximum atomic E-state index is 12.5. The number of carbonyl (C=O) groups excluding carboxylic acids is 2. The highest BCUT2D eigenvalue weighted by atomic mass is 16.5. The van der Waals surface area contributed by atoms with E-state index in [1.165, 1.54) is 21.1 Å². The summed E-state index contributed by atoms with van der Waals surface area (Å²) in [5.74, 6) is -1.39. The number of rotatable bonds is 5. The second kappa shape index (κ2) is 7.91. The van der Waals surface area contributed by atoms with Crippen LogP contribution in [0.5, 0.6) is 0 Å². The van der Waals surface area contributed by atoms with Crippen molar-refractivity contribution < 1.29 is 24.2 Å². The average molecular weight is 357 g/mol. The highest BCUT2D eigenvalue weighted by Gasteiger charge is 2.30. The number of carbonyl (C=O) groups is 2. The van der Waals surface area contributed by atoms with Crippen molar-refractivity contribution in [2.24, 2.45) is 0 Å². The molecule has 0 fully saturated rings. The van der Waals surface area contributed by atoms with E-state index in [4.69, 9.17) is 9.47 Å². The zero-order valence-electron chi connectivity index (χ0n) is 15.6. The molecule has 138 valence electrons. The van der Waals surface area contributed by atoms with Gasteiger partial charge in [-0.1, -0.05) is 37.3 Å². The minimum absolute atomic E-state index is 0.0193. The summed E-state index contributed by atoms with van der Waals surface area (Å²) in [6.45, 7) is 5.04. The van der Waals surface area contributed by atoms with Crippen LogP contribution in [-0.2, 0) is 20.7 Å². The maximum Gasteiger partial charge on any atom is 0.358 e. The number of nitrogens with zero attached hydrogens (tertiary/aromatic N) is 1. The number of hydrogen-bond acceptors (Lipinski definition) is 5. The van der Waals surface area contributed by atoms with E-state index in [-0.39, 0.29) is 11.5 Å². The molecule has 0 bridgehead atoms. The largest absolute Gasteiger partial charge is 0.510 e. The number of aliphatic hydroxyl groups is 1. The number of ether oxygens (including phenoxy) is 2. The SMILES string of the molecule is CCc1c(-c2ccccc2)c(C(=O)OC)c(C)n1/C(C(=O)OC)=C(\C)O. The molecule has 1 aromatic carbocycles. The molecule has 2 rings (SSSR count). The summed E-state index contributed by atoms with van der Waals surface area (Å²) >= 11 is 0. The van der Waals surface area contributed by atoms with Crippen molar-refractivity contribution in [2.75, 3.05) is 14.2 Å². The van der Waals surface area contributed by atoms with E-state index in [1.807, 2.05) is 37.3 Å². The molecule has 1 heterocycles. The molecule has 0 aliphatic rings. The molecule has 0 spiro atoms. The Hall–Kier alpha value is -3.02. The molecule has 0 saturated carbocycles. The van der Waals surface area contributed by atoms with Crippen LogP contribution in [0, 0.1) is 6.92 Å². The molecule has 6 nitrogen and oxygen atoms in total. The number of aromatic nitrogens is 1. The fraction of sp³-hybridized carbons (Fsp3) is 0.300. The third kappa shape index (κ3) is 3.22. The van der Waals surface area contributed by atoms with Gasteiger partial charge in [-0.2, -0.15) is 0 Å². The first kappa shape index (κ1) is 19.3. The van der Waals surface area contributed by atoms with Crippen LogP contribution in [0.1, 0.15) is 35.6 Å². The van der Waals surface area contributed by atoms with Crippen LogP contribution >= 0.6 is 0 Å². The van der Waals surface area contributed by atoms with Gasteiger partial charge in [-0.15, -0.1) is 0 Å². The van der Waals surface area contributed by atoms with E-state index in [0.29, 0.717) is 28.9 Å². The fourth-order valence-electron chi connectivity index (χ4n) is 3.15. The van der Waals surface area contributed by atoms with E-state index in [2.05, 4.69) is 0 Å². The van der Waals surface area contributed by atoms with Crippen molar-refractivity contribution in [1.29, 1.82) is 0 Å². The summed E-state index contributed by atoms with van der Waals surface area (Å²) in [6.07, 6.45) is 0.524. The highest BCUT2D eigenvalue weighted by Crippen LogP contribution is 2.36. The van der Waals surface area contributed by atoms with Gasteiger partial charge in [0.25, 0.3) is 0 Å². The molecule has 0 aliphatic heterocycles. The lowest BCUT2D eigenvalue weighted by Crippen LogP contribution is -2.16. The van der Waals surface area contributed by atoms with Gasteiger partial charge in [-0.25, -0.2) is 9.59 Å². The first-order valence-electron chi connectivity index (χ1n) is 8.25. The zero-order chi connectivity index (χ0) is 19.4. The fourth-order valence-corrected chi connectivity index (χ4v) is 3.15. The normalized spacial score (nSPS) is 11.7. The molecule has 0 aliphatic carbocycles. The summed E-state index contributed by atoms with van der Waals surface area (Å²) in [6, 6.07) is 9.40. The van der Waals surface area contributed by atoms with E-state index in [9.17, 15) is 14.7 Å².